The Balaban J connectivity index is 1.30. The van der Waals surface area contributed by atoms with Gasteiger partial charge in [-0.3, -0.25) is 9.59 Å². The average Bonchev–Trinajstić information content (AvgIpc) is 3.51. The minimum atomic E-state index is -0.790. The summed E-state index contributed by atoms with van der Waals surface area (Å²) >= 11 is 5.90. The molecule has 3 heterocycles. The molecule has 2 fully saturated rings. The number of ether oxygens (including phenoxy) is 2. The SMILES string of the molecule is O=C(O)CC/C=C\C[C@@H]1C(C2=NC(C(=O)NCCc3ccc(Cl)cc3)CO2)[C@H]2CC[C@@H]1O2. The molecule has 8 heteroatoms. The van der Waals surface area contributed by atoms with E-state index in [9.17, 15) is 9.59 Å². The molecule has 2 bridgehead atoms. The van der Waals surface area contributed by atoms with E-state index in [0.29, 0.717) is 23.9 Å². The smallest absolute Gasteiger partial charge is 0.303 e. The lowest BCUT2D eigenvalue weighted by Gasteiger charge is -2.26. The Morgan fingerprint density at radius 1 is 1.19 bits per heavy atom. The first-order chi connectivity index (χ1) is 15.5. The molecular weight excluding hydrogens is 432 g/mol. The van der Waals surface area contributed by atoms with Crippen molar-refractivity contribution < 1.29 is 24.2 Å². The van der Waals surface area contributed by atoms with E-state index in [1.807, 2.05) is 36.4 Å². The average molecular weight is 461 g/mol. The number of nitrogens with zero attached hydrogens (tertiary/aromatic N) is 1. The van der Waals surface area contributed by atoms with Gasteiger partial charge in [0, 0.05) is 23.9 Å². The predicted molar refractivity (Wildman–Crippen MR) is 121 cm³/mol. The highest BCUT2D eigenvalue weighted by Crippen LogP contribution is 2.46. The molecule has 3 aliphatic rings. The molecule has 2 N–H and O–H groups in total. The van der Waals surface area contributed by atoms with Crippen LogP contribution < -0.4 is 5.32 Å². The number of carbonyl (C=O) groups excluding carboxylic acids is 1. The zero-order chi connectivity index (χ0) is 22.5. The van der Waals surface area contributed by atoms with Crippen LogP contribution in [-0.4, -0.2) is 54.3 Å². The molecule has 4 rings (SSSR count). The minimum Gasteiger partial charge on any atom is -0.481 e. The summed E-state index contributed by atoms with van der Waals surface area (Å²) in [4.78, 5) is 27.9. The van der Waals surface area contributed by atoms with Crippen LogP contribution in [0.2, 0.25) is 5.02 Å². The van der Waals surface area contributed by atoms with Crippen molar-refractivity contribution in [1.29, 1.82) is 0 Å². The molecular formula is C24H29ClN2O5. The normalized spacial score (nSPS) is 28.7. The Labute approximate surface area is 192 Å². The molecule has 1 amide bonds. The third kappa shape index (κ3) is 5.51. The van der Waals surface area contributed by atoms with E-state index >= 15 is 0 Å². The summed E-state index contributed by atoms with van der Waals surface area (Å²) in [6.45, 7) is 0.792. The van der Waals surface area contributed by atoms with Gasteiger partial charge in [0.1, 0.15) is 6.61 Å². The highest BCUT2D eigenvalue weighted by molar-refractivity contribution is 6.30. The molecule has 2 unspecified atom stereocenters. The van der Waals surface area contributed by atoms with Crippen molar-refractivity contribution >= 4 is 29.4 Å². The van der Waals surface area contributed by atoms with Crippen LogP contribution in [0.15, 0.2) is 41.4 Å². The number of rotatable bonds is 10. The van der Waals surface area contributed by atoms with Crippen molar-refractivity contribution in [2.75, 3.05) is 13.2 Å². The van der Waals surface area contributed by atoms with E-state index in [0.717, 1.165) is 31.2 Å². The monoisotopic (exact) mass is 460 g/mol. The maximum atomic E-state index is 12.6. The van der Waals surface area contributed by atoms with Crippen LogP contribution in [0.1, 0.15) is 37.7 Å². The van der Waals surface area contributed by atoms with Crippen LogP contribution in [0.25, 0.3) is 0 Å². The van der Waals surface area contributed by atoms with E-state index in [-0.39, 0.29) is 43.0 Å². The number of halogens is 1. The molecule has 1 aromatic rings. The number of carbonyl (C=O) groups is 2. The second-order valence-electron chi connectivity index (χ2n) is 8.58. The number of amides is 1. The maximum Gasteiger partial charge on any atom is 0.303 e. The van der Waals surface area contributed by atoms with E-state index in [1.54, 1.807) is 0 Å². The lowest BCUT2D eigenvalue weighted by molar-refractivity contribution is -0.136. The number of nitrogens with one attached hydrogen (secondary N) is 1. The first kappa shape index (κ1) is 22.8. The number of hydrogen-bond donors (Lipinski definition) is 2. The van der Waals surface area contributed by atoms with Gasteiger partial charge in [0.2, 0.25) is 5.91 Å². The van der Waals surface area contributed by atoms with Gasteiger partial charge in [0.05, 0.1) is 18.1 Å². The number of hydrogen-bond acceptors (Lipinski definition) is 5. The number of aliphatic carboxylic acids is 1. The first-order valence-corrected chi connectivity index (χ1v) is 11.6. The highest BCUT2D eigenvalue weighted by atomic mass is 35.5. The summed E-state index contributed by atoms with van der Waals surface area (Å²) in [7, 11) is 0. The fourth-order valence-corrected chi connectivity index (χ4v) is 4.93. The quantitative estimate of drug-likeness (QED) is 0.521. The molecule has 5 atom stereocenters. The summed E-state index contributed by atoms with van der Waals surface area (Å²) in [5, 5.41) is 12.4. The fraction of sp³-hybridized carbons (Fsp3) is 0.542. The van der Waals surface area contributed by atoms with Crippen LogP contribution in [0.5, 0.6) is 0 Å². The Kier molecular flexibility index (Phi) is 7.48. The van der Waals surface area contributed by atoms with Crippen molar-refractivity contribution in [3.63, 3.8) is 0 Å². The molecule has 0 spiro atoms. The number of allylic oxidation sites excluding steroid dienone is 2. The fourth-order valence-electron chi connectivity index (χ4n) is 4.80. The highest BCUT2D eigenvalue weighted by Gasteiger charge is 2.52. The number of carboxylic acids is 1. The Morgan fingerprint density at radius 3 is 2.75 bits per heavy atom. The van der Waals surface area contributed by atoms with E-state index in [2.05, 4.69) is 10.3 Å². The molecule has 0 radical (unpaired) electrons. The Morgan fingerprint density at radius 2 is 1.97 bits per heavy atom. The minimum absolute atomic E-state index is 0.0599. The topological polar surface area (TPSA) is 97.2 Å². The van der Waals surface area contributed by atoms with E-state index in [1.165, 1.54) is 0 Å². The van der Waals surface area contributed by atoms with Gasteiger partial charge in [-0.25, -0.2) is 4.99 Å². The Bertz CT molecular complexity index is 885. The number of carboxylic acid groups (broad SMARTS) is 1. The van der Waals surface area contributed by atoms with Gasteiger partial charge < -0.3 is 19.9 Å². The van der Waals surface area contributed by atoms with Crippen molar-refractivity contribution in [2.24, 2.45) is 16.8 Å². The number of benzene rings is 1. The third-order valence-electron chi connectivity index (χ3n) is 6.41. The number of fused-ring (bicyclic) bond motifs is 2. The van der Waals surface area contributed by atoms with Gasteiger partial charge in [0.15, 0.2) is 11.9 Å². The zero-order valence-corrected chi connectivity index (χ0v) is 18.7. The van der Waals surface area contributed by atoms with Crippen LogP contribution in [0, 0.1) is 11.8 Å². The molecule has 2 saturated heterocycles. The lowest BCUT2D eigenvalue weighted by atomic mass is 9.77. The predicted octanol–water partition coefficient (Wildman–Crippen LogP) is 3.40. The molecule has 0 saturated carbocycles. The van der Waals surface area contributed by atoms with Crippen LogP contribution >= 0.6 is 11.6 Å². The van der Waals surface area contributed by atoms with Gasteiger partial charge in [0.25, 0.3) is 0 Å². The number of aliphatic imine (C=N–C) groups is 1. The van der Waals surface area contributed by atoms with Crippen molar-refractivity contribution in [2.45, 2.75) is 56.8 Å². The van der Waals surface area contributed by atoms with Gasteiger partial charge >= 0.3 is 5.97 Å². The van der Waals surface area contributed by atoms with Crippen LogP contribution in [-0.2, 0) is 25.5 Å². The van der Waals surface area contributed by atoms with Gasteiger partial charge in [-0.1, -0.05) is 35.9 Å². The summed E-state index contributed by atoms with van der Waals surface area (Å²) in [5.41, 5.74) is 1.11. The summed E-state index contributed by atoms with van der Waals surface area (Å²) in [6.07, 6.45) is 8.42. The van der Waals surface area contributed by atoms with Crippen LogP contribution in [0.4, 0.5) is 0 Å². The third-order valence-corrected chi connectivity index (χ3v) is 6.66. The van der Waals surface area contributed by atoms with Gasteiger partial charge in [-0.05, 0) is 49.8 Å². The molecule has 3 aliphatic heterocycles. The molecule has 0 aliphatic carbocycles. The molecule has 0 aromatic heterocycles. The van der Waals surface area contributed by atoms with Gasteiger partial charge in [-0.2, -0.15) is 0 Å². The largest absolute Gasteiger partial charge is 0.481 e. The lowest BCUT2D eigenvalue weighted by Crippen LogP contribution is -2.35. The van der Waals surface area contributed by atoms with E-state index < -0.39 is 12.0 Å². The summed E-state index contributed by atoms with van der Waals surface area (Å²) in [6, 6.07) is 7.06. The van der Waals surface area contributed by atoms with Crippen molar-refractivity contribution in [3.8, 4) is 0 Å². The molecule has 1 aromatic carbocycles. The zero-order valence-electron chi connectivity index (χ0n) is 17.9. The van der Waals surface area contributed by atoms with Crippen molar-refractivity contribution in [3.05, 3.63) is 47.0 Å². The second kappa shape index (κ2) is 10.5. The molecule has 7 nitrogen and oxygen atoms in total. The van der Waals surface area contributed by atoms with Crippen LogP contribution in [0.3, 0.4) is 0 Å². The molecule has 172 valence electrons. The summed E-state index contributed by atoms with van der Waals surface area (Å²) in [5.74, 6) is 0.0363. The van der Waals surface area contributed by atoms with E-state index in [4.69, 9.17) is 26.2 Å². The second-order valence-corrected chi connectivity index (χ2v) is 9.02. The summed E-state index contributed by atoms with van der Waals surface area (Å²) < 4.78 is 12.0. The van der Waals surface area contributed by atoms with Gasteiger partial charge in [-0.15, -0.1) is 0 Å². The molecule has 32 heavy (non-hydrogen) atoms. The van der Waals surface area contributed by atoms with Crippen molar-refractivity contribution in [1.82, 2.24) is 5.32 Å². The Hall–Kier alpha value is -2.38. The first-order valence-electron chi connectivity index (χ1n) is 11.3. The standard InChI is InChI=1S/C24H29ClN2O5/c25-16-8-6-15(7-9-16)12-13-26-23(30)18-14-31-24(27-18)22-17(19-10-11-20(22)32-19)4-2-1-3-5-21(28)29/h1-2,6-9,17-20,22H,3-5,10-14H2,(H,26,30)(H,28,29)/b2-1-/t17-,18?,19-,20+,22?/m0/s1. The maximum absolute atomic E-state index is 12.6.